The molecule has 2 heterocycles. The topological polar surface area (TPSA) is 62.5 Å². The van der Waals surface area contributed by atoms with Gasteiger partial charge in [-0.2, -0.15) is 0 Å². The second-order valence-electron chi connectivity index (χ2n) is 7.05. The molecule has 1 unspecified atom stereocenters. The summed E-state index contributed by atoms with van der Waals surface area (Å²) in [5, 5.41) is 9.19. The first kappa shape index (κ1) is 15.9. The summed E-state index contributed by atoms with van der Waals surface area (Å²) < 4.78 is 2.11. The molecular weight excluding hydrogens is 316 g/mol. The molecule has 25 heavy (non-hydrogen) atoms. The number of rotatable bonds is 4. The van der Waals surface area contributed by atoms with Crippen molar-refractivity contribution < 1.29 is 14.7 Å². The van der Waals surface area contributed by atoms with Crippen LogP contribution >= 0.6 is 0 Å². The van der Waals surface area contributed by atoms with Gasteiger partial charge in [0.15, 0.2) is 0 Å². The van der Waals surface area contributed by atoms with Crippen molar-refractivity contribution in [3.63, 3.8) is 0 Å². The number of benzene rings is 1. The minimum Gasteiger partial charge on any atom is -0.478 e. The Morgan fingerprint density at radius 1 is 1.08 bits per heavy atom. The molecule has 1 atom stereocenters. The monoisotopic (exact) mass is 338 g/mol. The Balaban J connectivity index is 1.52. The first-order valence-corrected chi connectivity index (χ1v) is 8.93. The van der Waals surface area contributed by atoms with Crippen LogP contribution in [-0.4, -0.2) is 39.5 Å². The van der Waals surface area contributed by atoms with Crippen LogP contribution in [0.1, 0.15) is 64.1 Å². The van der Waals surface area contributed by atoms with Crippen molar-refractivity contribution in [2.75, 3.05) is 13.1 Å². The van der Waals surface area contributed by atoms with Crippen LogP contribution in [-0.2, 0) is 0 Å². The third-order valence-corrected chi connectivity index (χ3v) is 5.25. The van der Waals surface area contributed by atoms with Crippen molar-refractivity contribution in [3.05, 3.63) is 59.4 Å². The van der Waals surface area contributed by atoms with E-state index in [1.807, 2.05) is 29.3 Å². The van der Waals surface area contributed by atoms with Gasteiger partial charge in [0, 0.05) is 31.2 Å². The first-order valence-electron chi connectivity index (χ1n) is 8.93. The average molecular weight is 338 g/mol. The van der Waals surface area contributed by atoms with E-state index in [9.17, 15) is 14.7 Å². The first-order chi connectivity index (χ1) is 12.1. The van der Waals surface area contributed by atoms with E-state index in [4.69, 9.17) is 0 Å². The number of aromatic carboxylic acids is 1. The zero-order valence-electron chi connectivity index (χ0n) is 14.1. The van der Waals surface area contributed by atoms with Crippen molar-refractivity contribution in [2.45, 2.75) is 37.6 Å². The highest BCUT2D eigenvalue weighted by atomic mass is 16.4. The maximum atomic E-state index is 13.0. The summed E-state index contributed by atoms with van der Waals surface area (Å²) in [6.07, 6.45) is 6.23. The van der Waals surface area contributed by atoms with Gasteiger partial charge in [0.2, 0.25) is 0 Å². The average Bonchev–Trinajstić information content (AvgIpc) is 3.38. The number of carboxylic acid groups (broad SMARTS) is 1. The number of likely N-dealkylation sites (tertiary alicyclic amines) is 1. The van der Waals surface area contributed by atoms with E-state index in [1.54, 1.807) is 18.2 Å². The number of piperidine rings is 1. The Hall–Kier alpha value is -2.56. The van der Waals surface area contributed by atoms with E-state index >= 15 is 0 Å². The number of aromatic nitrogens is 1. The fourth-order valence-corrected chi connectivity index (χ4v) is 3.77. The van der Waals surface area contributed by atoms with Crippen LogP contribution < -0.4 is 0 Å². The molecule has 130 valence electrons. The summed E-state index contributed by atoms with van der Waals surface area (Å²) in [5.74, 6) is -0.620. The highest BCUT2D eigenvalue weighted by Crippen LogP contribution is 2.36. The van der Waals surface area contributed by atoms with Gasteiger partial charge in [0.1, 0.15) is 5.69 Å². The van der Waals surface area contributed by atoms with Gasteiger partial charge in [-0.1, -0.05) is 12.1 Å². The maximum absolute atomic E-state index is 13.0. The van der Waals surface area contributed by atoms with E-state index in [0.29, 0.717) is 18.2 Å². The summed E-state index contributed by atoms with van der Waals surface area (Å²) in [6, 6.07) is 11.5. The molecule has 2 aromatic rings. The highest BCUT2D eigenvalue weighted by molar-refractivity contribution is 5.93. The number of carbonyl (C=O) groups is 2. The fourth-order valence-electron chi connectivity index (χ4n) is 3.77. The predicted octanol–water partition coefficient (Wildman–Crippen LogP) is 3.54. The van der Waals surface area contributed by atoms with Gasteiger partial charge in [0.05, 0.1) is 5.56 Å². The molecule has 1 aromatic heterocycles. The quantitative estimate of drug-likeness (QED) is 0.927. The van der Waals surface area contributed by atoms with E-state index in [1.165, 1.54) is 0 Å². The van der Waals surface area contributed by atoms with Gasteiger partial charge in [-0.25, -0.2) is 4.79 Å². The molecule has 2 fully saturated rings. The van der Waals surface area contributed by atoms with E-state index in [2.05, 4.69) is 4.57 Å². The van der Waals surface area contributed by atoms with Crippen molar-refractivity contribution in [1.29, 1.82) is 0 Å². The molecule has 4 rings (SSSR count). The molecule has 5 heteroatoms. The van der Waals surface area contributed by atoms with Crippen LogP contribution in [0.15, 0.2) is 42.6 Å². The zero-order chi connectivity index (χ0) is 17.4. The van der Waals surface area contributed by atoms with Gasteiger partial charge in [-0.15, -0.1) is 0 Å². The number of amides is 1. The fraction of sp³-hybridized carbons (Fsp3) is 0.400. The second-order valence-corrected chi connectivity index (χ2v) is 7.05. The van der Waals surface area contributed by atoms with Crippen LogP contribution in [0.3, 0.4) is 0 Å². The summed E-state index contributed by atoms with van der Waals surface area (Å²) >= 11 is 0. The van der Waals surface area contributed by atoms with Crippen LogP contribution in [0.4, 0.5) is 0 Å². The molecule has 1 N–H and O–H groups in total. The Labute approximate surface area is 146 Å². The largest absolute Gasteiger partial charge is 0.478 e. The van der Waals surface area contributed by atoms with Gasteiger partial charge >= 0.3 is 5.97 Å². The van der Waals surface area contributed by atoms with E-state index in [0.717, 1.165) is 43.5 Å². The lowest BCUT2D eigenvalue weighted by molar-refractivity contribution is 0.0683. The molecule has 1 aromatic carbocycles. The normalized spacial score (nSPS) is 20.5. The Morgan fingerprint density at radius 2 is 1.92 bits per heavy atom. The van der Waals surface area contributed by atoms with Crippen LogP contribution in [0.5, 0.6) is 0 Å². The zero-order valence-corrected chi connectivity index (χ0v) is 14.1. The number of nitrogens with zero attached hydrogens (tertiary/aromatic N) is 2. The number of carboxylic acids is 1. The Morgan fingerprint density at radius 3 is 2.68 bits per heavy atom. The lowest BCUT2D eigenvalue weighted by atomic mass is 9.89. The third kappa shape index (κ3) is 3.18. The minimum absolute atomic E-state index is 0.0935. The summed E-state index contributed by atoms with van der Waals surface area (Å²) in [6.45, 7) is 1.42. The van der Waals surface area contributed by atoms with Crippen molar-refractivity contribution in [3.8, 4) is 0 Å². The molecule has 1 amide bonds. The molecule has 2 aliphatic rings. The molecular formula is C20H22N2O3. The number of hydrogen-bond acceptors (Lipinski definition) is 2. The summed E-state index contributed by atoms with van der Waals surface area (Å²) in [5.41, 5.74) is 2.10. The lowest BCUT2D eigenvalue weighted by Crippen LogP contribution is -2.39. The molecule has 1 saturated heterocycles. The molecule has 0 spiro atoms. The minimum atomic E-state index is -0.909. The van der Waals surface area contributed by atoms with E-state index < -0.39 is 5.97 Å². The van der Waals surface area contributed by atoms with Crippen molar-refractivity contribution in [1.82, 2.24) is 9.47 Å². The molecule has 0 radical (unpaired) electrons. The summed E-state index contributed by atoms with van der Waals surface area (Å²) in [4.78, 5) is 26.1. The van der Waals surface area contributed by atoms with Gasteiger partial charge < -0.3 is 14.6 Å². The molecule has 1 aliphatic heterocycles. The van der Waals surface area contributed by atoms with Crippen molar-refractivity contribution >= 4 is 11.9 Å². The molecule has 0 bridgehead atoms. The summed E-state index contributed by atoms with van der Waals surface area (Å²) in [7, 11) is 0. The SMILES string of the molecule is O=C(O)c1cccc(C2CCCN(C(=O)c3cccn3C3CC3)C2)c1. The lowest BCUT2D eigenvalue weighted by Gasteiger charge is -2.33. The Bertz CT molecular complexity index is 807. The van der Waals surface area contributed by atoms with Gasteiger partial charge in [-0.05, 0) is 55.5 Å². The molecule has 1 saturated carbocycles. The van der Waals surface area contributed by atoms with E-state index in [-0.39, 0.29) is 11.8 Å². The molecule has 5 nitrogen and oxygen atoms in total. The smallest absolute Gasteiger partial charge is 0.335 e. The predicted molar refractivity (Wildman–Crippen MR) is 94.0 cm³/mol. The Kier molecular flexibility index (Phi) is 4.07. The van der Waals surface area contributed by atoms with Gasteiger partial charge in [-0.3, -0.25) is 4.79 Å². The third-order valence-electron chi connectivity index (χ3n) is 5.25. The second kappa shape index (κ2) is 6.39. The highest BCUT2D eigenvalue weighted by Gasteiger charge is 2.31. The van der Waals surface area contributed by atoms with Gasteiger partial charge in [0.25, 0.3) is 5.91 Å². The number of hydrogen-bond donors (Lipinski definition) is 1. The maximum Gasteiger partial charge on any atom is 0.335 e. The van der Waals surface area contributed by atoms with Crippen LogP contribution in [0, 0.1) is 0 Å². The molecule has 1 aliphatic carbocycles. The van der Waals surface area contributed by atoms with Crippen LogP contribution in [0.25, 0.3) is 0 Å². The van der Waals surface area contributed by atoms with Crippen LogP contribution in [0.2, 0.25) is 0 Å². The number of carbonyl (C=O) groups excluding carboxylic acids is 1. The van der Waals surface area contributed by atoms with Crippen molar-refractivity contribution in [2.24, 2.45) is 0 Å². The standard InChI is InChI=1S/C20H22N2O3/c23-19(18-7-3-11-22(18)17-8-9-17)21-10-2-6-16(13-21)14-4-1-5-15(12-14)20(24)25/h1,3-5,7,11-12,16-17H,2,6,8-10,13H2,(H,24,25).